The van der Waals surface area contributed by atoms with E-state index in [0.717, 1.165) is 77.0 Å². The van der Waals surface area contributed by atoms with Crippen molar-refractivity contribution in [2.24, 2.45) is 10.8 Å². The SMILES string of the molecule is CCCCCCCCCCC(CCCCCCCCCC)(C(=O)O)C1(C(=O)O)CCCCCCCCC1. The molecule has 0 spiro atoms. The lowest BCUT2D eigenvalue weighted by Gasteiger charge is -2.46. The fourth-order valence-electron chi connectivity index (χ4n) is 6.90. The van der Waals surface area contributed by atoms with E-state index < -0.39 is 22.8 Å². The third-order valence-electron chi connectivity index (χ3n) is 9.36. The monoisotopic (exact) mass is 522 g/mol. The molecule has 2 N–H and O–H groups in total. The first-order valence-electron chi connectivity index (χ1n) is 16.4. The van der Waals surface area contributed by atoms with Gasteiger partial charge in [-0.15, -0.1) is 0 Å². The van der Waals surface area contributed by atoms with E-state index in [1.165, 1.54) is 70.6 Å². The van der Waals surface area contributed by atoms with Crippen LogP contribution < -0.4 is 0 Å². The zero-order valence-corrected chi connectivity index (χ0v) is 24.8. The Bertz CT molecular complexity index is 555. The minimum absolute atomic E-state index is 0.528. The van der Waals surface area contributed by atoms with Crippen molar-refractivity contribution in [2.75, 3.05) is 0 Å². The Morgan fingerprint density at radius 3 is 1.19 bits per heavy atom. The van der Waals surface area contributed by atoms with Gasteiger partial charge in [-0.25, -0.2) is 0 Å². The van der Waals surface area contributed by atoms with Gasteiger partial charge in [0.05, 0.1) is 10.8 Å². The van der Waals surface area contributed by atoms with Crippen LogP contribution in [0.3, 0.4) is 0 Å². The second-order valence-corrected chi connectivity index (χ2v) is 12.2. The first-order chi connectivity index (χ1) is 18.0. The number of rotatable bonds is 21. The summed E-state index contributed by atoms with van der Waals surface area (Å²) in [6.45, 7) is 4.46. The molecule has 0 aromatic carbocycles. The van der Waals surface area contributed by atoms with Crippen LogP contribution in [0, 0.1) is 10.8 Å². The van der Waals surface area contributed by atoms with E-state index in [2.05, 4.69) is 13.8 Å². The maximum atomic E-state index is 13.2. The molecule has 0 amide bonds. The van der Waals surface area contributed by atoms with Crippen LogP contribution in [0.4, 0.5) is 0 Å². The highest BCUT2D eigenvalue weighted by Gasteiger charge is 2.59. The summed E-state index contributed by atoms with van der Waals surface area (Å²) in [7, 11) is 0. The third-order valence-corrected chi connectivity index (χ3v) is 9.36. The Morgan fingerprint density at radius 1 is 0.541 bits per heavy atom. The van der Waals surface area contributed by atoms with Crippen molar-refractivity contribution in [3.05, 3.63) is 0 Å². The van der Waals surface area contributed by atoms with Gasteiger partial charge in [0, 0.05) is 0 Å². The number of hydrogen-bond acceptors (Lipinski definition) is 2. The van der Waals surface area contributed by atoms with E-state index in [1.54, 1.807) is 0 Å². The quantitative estimate of drug-likeness (QED) is 0.147. The van der Waals surface area contributed by atoms with Gasteiger partial charge in [-0.3, -0.25) is 9.59 Å². The van der Waals surface area contributed by atoms with Crippen LogP contribution >= 0.6 is 0 Å². The van der Waals surface area contributed by atoms with Crippen LogP contribution in [0.5, 0.6) is 0 Å². The average Bonchev–Trinajstić information content (AvgIpc) is 2.88. The molecule has 0 aromatic rings. The first-order valence-corrected chi connectivity index (χ1v) is 16.4. The Labute approximate surface area is 229 Å². The van der Waals surface area contributed by atoms with Crippen molar-refractivity contribution in [1.29, 1.82) is 0 Å². The minimum atomic E-state index is -1.14. The summed E-state index contributed by atoms with van der Waals surface area (Å²) in [6, 6.07) is 0. The molecule has 0 aromatic heterocycles. The number of aliphatic carboxylic acids is 2. The molecular weight excluding hydrogens is 460 g/mol. The summed E-state index contributed by atoms with van der Waals surface area (Å²) < 4.78 is 0. The van der Waals surface area contributed by atoms with Crippen molar-refractivity contribution < 1.29 is 19.8 Å². The number of hydrogen-bond donors (Lipinski definition) is 2. The predicted molar refractivity (Wildman–Crippen MR) is 156 cm³/mol. The van der Waals surface area contributed by atoms with Gasteiger partial charge < -0.3 is 10.2 Å². The largest absolute Gasteiger partial charge is 0.481 e. The number of carbonyl (C=O) groups is 2. The smallest absolute Gasteiger partial charge is 0.310 e. The highest BCUT2D eigenvalue weighted by molar-refractivity contribution is 5.86. The molecule has 0 unspecified atom stereocenters. The molecule has 1 aliphatic rings. The van der Waals surface area contributed by atoms with Gasteiger partial charge in [0.25, 0.3) is 0 Å². The molecular formula is C33H62O4. The predicted octanol–water partition coefficient (Wildman–Crippen LogP) is 10.7. The van der Waals surface area contributed by atoms with Gasteiger partial charge in [-0.1, -0.05) is 162 Å². The molecule has 0 saturated heterocycles. The Balaban J connectivity index is 2.97. The van der Waals surface area contributed by atoms with Crippen molar-refractivity contribution in [3.8, 4) is 0 Å². The van der Waals surface area contributed by atoms with Crippen LogP contribution in [0.1, 0.15) is 187 Å². The topological polar surface area (TPSA) is 74.6 Å². The van der Waals surface area contributed by atoms with Crippen LogP contribution in [0.2, 0.25) is 0 Å². The molecule has 4 nitrogen and oxygen atoms in total. The second kappa shape index (κ2) is 20.8. The van der Waals surface area contributed by atoms with Gasteiger partial charge in [0.15, 0.2) is 0 Å². The summed E-state index contributed by atoms with van der Waals surface area (Å²) >= 11 is 0. The molecule has 37 heavy (non-hydrogen) atoms. The highest BCUT2D eigenvalue weighted by Crippen LogP contribution is 2.54. The van der Waals surface area contributed by atoms with Gasteiger partial charge in [0.2, 0.25) is 0 Å². The molecule has 0 heterocycles. The summed E-state index contributed by atoms with van der Waals surface area (Å²) in [5, 5.41) is 21.5. The number of carboxylic acids is 2. The van der Waals surface area contributed by atoms with E-state index in [0.29, 0.717) is 25.7 Å². The summed E-state index contributed by atoms with van der Waals surface area (Å²) in [5.74, 6) is -1.67. The molecule has 0 bridgehead atoms. The molecule has 0 aliphatic heterocycles. The molecule has 4 heteroatoms. The van der Waals surface area contributed by atoms with Gasteiger partial charge >= 0.3 is 11.9 Å². The van der Waals surface area contributed by atoms with E-state index in [4.69, 9.17) is 0 Å². The molecule has 1 rings (SSSR count). The van der Waals surface area contributed by atoms with E-state index in [1.807, 2.05) is 0 Å². The van der Waals surface area contributed by atoms with Crippen molar-refractivity contribution in [3.63, 3.8) is 0 Å². The molecule has 1 saturated carbocycles. The van der Waals surface area contributed by atoms with Crippen molar-refractivity contribution in [2.45, 2.75) is 187 Å². The van der Waals surface area contributed by atoms with Crippen LogP contribution in [-0.4, -0.2) is 22.2 Å². The van der Waals surface area contributed by atoms with E-state index >= 15 is 0 Å². The van der Waals surface area contributed by atoms with Crippen LogP contribution in [0.25, 0.3) is 0 Å². The maximum Gasteiger partial charge on any atom is 0.310 e. The zero-order valence-electron chi connectivity index (χ0n) is 24.8. The first kappa shape index (κ1) is 34.0. The Kier molecular flexibility index (Phi) is 19.1. The molecule has 0 radical (unpaired) electrons. The molecule has 1 aliphatic carbocycles. The fraction of sp³-hybridized carbons (Fsp3) is 0.939. The maximum absolute atomic E-state index is 13.2. The highest BCUT2D eigenvalue weighted by atomic mass is 16.4. The van der Waals surface area contributed by atoms with Gasteiger partial charge in [0.1, 0.15) is 0 Å². The minimum Gasteiger partial charge on any atom is -0.481 e. The number of unbranched alkanes of at least 4 members (excludes halogenated alkanes) is 14. The molecule has 1 fully saturated rings. The molecule has 0 atom stereocenters. The summed E-state index contributed by atoms with van der Waals surface area (Å²) in [6.07, 6.45) is 28.0. The fourth-order valence-corrected chi connectivity index (χ4v) is 6.90. The summed E-state index contributed by atoms with van der Waals surface area (Å²) in [5.41, 5.74) is -2.26. The second-order valence-electron chi connectivity index (χ2n) is 12.2. The van der Waals surface area contributed by atoms with Crippen molar-refractivity contribution in [1.82, 2.24) is 0 Å². The van der Waals surface area contributed by atoms with Crippen molar-refractivity contribution >= 4 is 11.9 Å². The zero-order chi connectivity index (χ0) is 27.2. The lowest BCUT2D eigenvalue weighted by Crippen LogP contribution is -2.53. The van der Waals surface area contributed by atoms with Gasteiger partial charge in [-0.05, 0) is 25.7 Å². The van der Waals surface area contributed by atoms with Gasteiger partial charge in [-0.2, -0.15) is 0 Å². The van der Waals surface area contributed by atoms with Crippen LogP contribution in [0.15, 0.2) is 0 Å². The number of carboxylic acid groups (broad SMARTS) is 2. The Hall–Kier alpha value is -1.06. The standard InChI is InChI=1S/C33H62O4/c1-3-5-7-9-11-14-18-22-26-32(30(34)35,27-23-19-15-12-10-8-6-4-2)33(31(36)37)28-24-20-16-13-17-21-25-29-33/h3-29H2,1-2H3,(H,34,35)(H,36,37). The van der Waals surface area contributed by atoms with Crippen LogP contribution in [-0.2, 0) is 9.59 Å². The summed E-state index contributed by atoms with van der Waals surface area (Å²) in [4.78, 5) is 26.3. The lowest BCUT2D eigenvalue weighted by atomic mass is 9.54. The normalized spacial score (nSPS) is 16.9. The lowest BCUT2D eigenvalue weighted by molar-refractivity contribution is -0.179. The molecule has 218 valence electrons. The van der Waals surface area contributed by atoms with E-state index in [-0.39, 0.29) is 0 Å². The Morgan fingerprint density at radius 2 is 0.865 bits per heavy atom. The average molecular weight is 523 g/mol. The third kappa shape index (κ3) is 12.1. The van der Waals surface area contributed by atoms with E-state index in [9.17, 15) is 19.8 Å².